The number of nitrogens with zero attached hydrogens (tertiary/aromatic N) is 1. The molecular weight excluding hydrogens is 178 g/mol. The summed E-state index contributed by atoms with van der Waals surface area (Å²) in [6.45, 7) is -0.0971. The Morgan fingerprint density at radius 3 is 2.77 bits per heavy atom. The van der Waals surface area contributed by atoms with E-state index in [2.05, 4.69) is 4.98 Å². The summed E-state index contributed by atoms with van der Waals surface area (Å²) in [5.41, 5.74) is 5.92. The monoisotopic (exact) mass is 188 g/mol. The summed E-state index contributed by atoms with van der Waals surface area (Å²) < 4.78 is 25.0. The van der Waals surface area contributed by atoms with Crippen molar-refractivity contribution >= 4 is 0 Å². The van der Waals surface area contributed by atoms with E-state index in [-0.39, 0.29) is 6.61 Å². The molecule has 1 rings (SSSR count). The molecular formula is C8H10F2N2O. The average molecular weight is 188 g/mol. The second-order valence-electron chi connectivity index (χ2n) is 2.66. The van der Waals surface area contributed by atoms with Gasteiger partial charge in [0, 0.05) is 18.8 Å². The summed E-state index contributed by atoms with van der Waals surface area (Å²) in [7, 11) is 0. The minimum absolute atomic E-state index is 0.0971. The summed E-state index contributed by atoms with van der Waals surface area (Å²) in [6, 6.07) is 0.482. The smallest absolute Gasteiger partial charge is 0.248 e. The molecule has 0 saturated carbocycles. The predicted molar refractivity (Wildman–Crippen MR) is 42.8 cm³/mol. The van der Waals surface area contributed by atoms with Crippen LogP contribution in [0, 0.1) is 11.8 Å². The molecule has 0 amide bonds. The van der Waals surface area contributed by atoms with Gasteiger partial charge in [0.25, 0.3) is 0 Å². The van der Waals surface area contributed by atoms with E-state index in [0.717, 1.165) is 6.07 Å². The van der Waals surface area contributed by atoms with Gasteiger partial charge in [-0.25, -0.2) is 9.37 Å². The van der Waals surface area contributed by atoms with Gasteiger partial charge in [0.05, 0.1) is 0 Å². The molecule has 13 heavy (non-hydrogen) atoms. The van der Waals surface area contributed by atoms with Crippen molar-refractivity contribution in [2.24, 2.45) is 5.73 Å². The van der Waals surface area contributed by atoms with Crippen molar-refractivity contribution < 1.29 is 13.9 Å². The highest BCUT2D eigenvalue weighted by molar-refractivity contribution is 5.15. The van der Waals surface area contributed by atoms with Crippen LogP contribution in [0.2, 0.25) is 0 Å². The molecule has 0 saturated heterocycles. The summed E-state index contributed by atoms with van der Waals surface area (Å²) in [6.07, 6.45) is 1.46. The third kappa shape index (κ3) is 2.43. The van der Waals surface area contributed by atoms with E-state index in [1.807, 2.05) is 0 Å². The summed E-state index contributed by atoms with van der Waals surface area (Å²) >= 11 is 0. The Hall–Kier alpha value is -1.07. The molecule has 0 unspecified atom stereocenters. The third-order valence-electron chi connectivity index (χ3n) is 1.69. The van der Waals surface area contributed by atoms with Crippen LogP contribution in [0.25, 0.3) is 0 Å². The van der Waals surface area contributed by atoms with Crippen LogP contribution >= 0.6 is 0 Å². The number of pyridine rings is 1. The van der Waals surface area contributed by atoms with Crippen LogP contribution in [0.3, 0.4) is 0 Å². The lowest BCUT2D eigenvalue weighted by Gasteiger charge is -2.09. The van der Waals surface area contributed by atoms with E-state index < -0.39 is 17.8 Å². The quantitative estimate of drug-likeness (QED) is 0.688. The molecule has 0 spiro atoms. The second-order valence-corrected chi connectivity index (χ2v) is 2.66. The van der Waals surface area contributed by atoms with E-state index >= 15 is 0 Å². The van der Waals surface area contributed by atoms with Gasteiger partial charge in [-0.15, -0.1) is 0 Å². The fraction of sp³-hybridized carbons (Fsp3) is 0.375. The number of rotatable bonds is 3. The van der Waals surface area contributed by atoms with E-state index in [9.17, 15) is 8.78 Å². The fourth-order valence-corrected chi connectivity index (χ4v) is 0.945. The first-order valence-electron chi connectivity index (χ1n) is 3.82. The number of aliphatic hydroxyl groups is 1. The fourth-order valence-electron chi connectivity index (χ4n) is 0.945. The Morgan fingerprint density at radius 1 is 1.54 bits per heavy atom. The molecule has 0 fully saturated rings. The maximum Gasteiger partial charge on any atom is 0.248 e. The summed E-state index contributed by atoms with van der Waals surface area (Å²) in [5, 5.41) is 8.55. The highest BCUT2D eigenvalue weighted by Gasteiger charge is 2.09. The van der Waals surface area contributed by atoms with Crippen molar-refractivity contribution in [3.05, 3.63) is 29.6 Å². The lowest BCUT2D eigenvalue weighted by Crippen LogP contribution is -2.13. The van der Waals surface area contributed by atoms with E-state index in [1.165, 1.54) is 6.20 Å². The molecule has 0 aliphatic rings. The van der Waals surface area contributed by atoms with Crippen LogP contribution in [-0.4, -0.2) is 16.7 Å². The summed E-state index contributed by atoms with van der Waals surface area (Å²) in [5.74, 6) is -2.16. The topological polar surface area (TPSA) is 59.1 Å². The number of aromatic nitrogens is 1. The summed E-state index contributed by atoms with van der Waals surface area (Å²) in [4.78, 5) is 3.18. The highest BCUT2D eigenvalue weighted by Crippen LogP contribution is 2.14. The van der Waals surface area contributed by atoms with Crippen LogP contribution in [0.4, 0.5) is 8.78 Å². The van der Waals surface area contributed by atoms with Gasteiger partial charge in [0.15, 0.2) is 5.82 Å². The molecule has 1 aromatic heterocycles. The Bertz CT molecular complexity index is 293. The Balaban J connectivity index is 2.84. The maximum atomic E-state index is 12.6. The van der Waals surface area contributed by atoms with Crippen molar-refractivity contribution in [2.45, 2.75) is 12.5 Å². The lowest BCUT2D eigenvalue weighted by atomic mass is 10.1. The minimum atomic E-state index is -1.14. The zero-order valence-corrected chi connectivity index (χ0v) is 6.87. The molecule has 1 atom stereocenters. The van der Waals surface area contributed by atoms with Gasteiger partial charge in [0.2, 0.25) is 5.95 Å². The molecule has 0 aliphatic heterocycles. The van der Waals surface area contributed by atoms with Crippen LogP contribution in [-0.2, 0) is 0 Å². The first-order valence-corrected chi connectivity index (χ1v) is 3.82. The van der Waals surface area contributed by atoms with Gasteiger partial charge in [-0.1, -0.05) is 0 Å². The Kier molecular flexibility index (Phi) is 3.27. The van der Waals surface area contributed by atoms with Crippen LogP contribution in [0.15, 0.2) is 12.3 Å². The number of hydrogen-bond acceptors (Lipinski definition) is 3. The Morgan fingerprint density at radius 2 is 2.23 bits per heavy atom. The molecule has 3 nitrogen and oxygen atoms in total. The zero-order valence-electron chi connectivity index (χ0n) is 6.87. The number of aliphatic hydroxyl groups excluding tert-OH is 1. The SMILES string of the molecule is N[C@H](CCO)c1cnc(F)c(F)c1. The maximum absolute atomic E-state index is 12.6. The molecule has 0 aliphatic carbocycles. The second kappa shape index (κ2) is 4.25. The van der Waals surface area contributed by atoms with Gasteiger partial charge in [0.1, 0.15) is 0 Å². The molecule has 0 radical (unpaired) electrons. The number of hydrogen-bond donors (Lipinski definition) is 2. The Labute approximate surface area is 74.2 Å². The van der Waals surface area contributed by atoms with Crippen molar-refractivity contribution in [3.63, 3.8) is 0 Å². The average Bonchev–Trinajstić information content (AvgIpc) is 2.10. The molecule has 1 aromatic rings. The number of nitrogens with two attached hydrogens (primary N) is 1. The van der Waals surface area contributed by atoms with Crippen molar-refractivity contribution in [2.75, 3.05) is 6.61 Å². The van der Waals surface area contributed by atoms with Crippen LogP contribution in [0.5, 0.6) is 0 Å². The number of halogens is 2. The molecule has 0 bridgehead atoms. The first-order chi connectivity index (χ1) is 6.15. The van der Waals surface area contributed by atoms with E-state index in [0.29, 0.717) is 12.0 Å². The highest BCUT2D eigenvalue weighted by atomic mass is 19.2. The predicted octanol–water partition coefficient (Wildman–Crippen LogP) is 0.742. The minimum Gasteiger partial charge on any atom is -0.396 e. The van der Waals surface area contributed by atoms with Crippen LogP contribution < -0.4 is 5.73 Å². The zero-order chi connectivity index (χ0) is 9.84. The van der Waals surface area contributed by atoms with Gasteiger partial charge >= 0.3 is 0 Å². The molecule has 3 N–H and O–H groups in total. The van der Waals surface area contributed by atoms with Gasteiger partial charge < -0.3 is 10.8 Å². The molecule has 0 aromatic carbocycles. The molecule has 1 heterocycles. The molecule has 72 valence electrons. The normalized spacial score (nSPS) is 12.9. The largest absolute Gasteiger partial charge is 0.396 e. The lowest BCUT2D eigenvalue weighted by molar-refractivity contribution is 0.276. The molecule has 5 heteroatoms. The van der Waals surface area contributed by atoms with Crippen molar-refractivity contribution in [3.8, 4) is 0 Å². The standard InChI is InChI=1S/C8H10F2N2O/c9-6-3-5(4-12-8(6)10)7(11)1-2-13/h3-4,7,13H,1-2,11H2/t7-/m1/s1. The third-order valence-corrected chi connectivity index (χ3v) is 1.69. The van der Waals surface area contributed by atoms with Crippen molar-refractivity contribution in [1.82, 2.24) is 4.98 Å². The van der Waals surface area contributed by atoms with Gasteiger partial charge in [-0.3, -0.25) is 0 Å². The van der Waals surface area contributed by atoms with E-state index in [4.69, 9.17) is 10.8 Å². The first kappa shape index (κ1) is 10.0. The van der Waals surface area contributed by atoms with Gasteiger partial charge in [-0.2, -0.15) is 4.39 Å². The van der Waals surface area contributed by atoms with E-state index in [1.54, 1.807) is 0 Å². The van der Waals surface area contributed by atoms with Gasteiger partial charge in [-0.05, 0) is 18.1 Å². The van der Waals surface area contributed by atoms with Crippen molar-refractivity contribution in [1.29, 1.82) is 0 Å². The van der Waals surface area contributed by atoms with Crippen LogP contribution in [0.1, 0.15) is 18.0 Å².